The van der Waals surface area contributed by atoms with Crippen LogP contribution in [-0.2, 0) is 20.9 Å². The van der Waals surface area contributed by atoms with Gasteiger partial charge in [-0.2, -0.15) is 0 Å². The number of hydrogen-bond donors (Lipinski definition) is 0. The zero-order valence-corrected chi connectivity index (χ0v) is 12.0. The van der Waals surface area contributed by atoms with Crippen molar-refractivity contribution in [3.63, 3.8) is 0 Å². The second kappa shape index (κ2) is 6.56. The number of nitrogens with zero attached hydrogens (tertiary/aromatic N) is 1. The molecule has 1 aliphatic rings. The Labute approximate surface area is 122 Å². The molecule has 1 amide bonds. The summed E-state index contributed by atoms with van der Waals surface area (Å²) in [5.74, 6) is -1.24. The molecule has 0 radical (unpaired) electrons. The molecule has 0 bridgehead atoms. The summed E-state index contributed by atoms with van der Waals surface area (Å²) in [5.41, 5.74) is 0.824. The number of carbonyl (C=O) groups is 2. The molecule has 1 aliphatic heterocycles. The number of carbonyl (C=O) groups excluding carboxylic acids is 2. The molecule has 21 heavy (non-hydrogen) atoms. The lowest BCUT2D eigenvalue weighted by Gasteiger charge is -2.23. The summed E-state index contributed by atoms with van der Waals surface area (Å²) in [5, 5.41) is 0. The van der Waals surface area contributed by atoms with Gasteiger partial charge in [-0.1, -0.05) is 37.3 Å². The van der Waals surface area contributed by atoms with Crippen LogP contribution in [0.1, 0.15) is 12.5 Å². The molecule has 0 aliphatic carbocycles. The molecule has 1 aromatic carbocycles. The largest absolute Gasteiger partial charge is 0.467 e. The molecule has 1 fully saturated rings. The molecule has 0 N–H and O–H groups in total. The summed E-state index contributed by atoms with van der Waals surface area (Å²) < 4.78 is 23.6. The minimum atomic E-state index is -1.27. The van der Waals surface area contributed by atoms with E-state index in [0.717, 1.165) is 10.5 Å². The van der Waals surface area contributed by atoms with Gasteiger partial charge in [-0.15, -0.1) is 0 Å². The van der Waals surface area contributed by atoms with E-state index >= 15 is 0 Å². The van der Waals surface area contributed by atoms with Crippen molar-refractivity contribution in [3.8, 4) is 0 Å². The Morgan fingerprint density at radius 3 is 2.62 bits per heavy atom. The summed E-state index contributed by atoms with van der Waals surface area (Å²) in [6.45, 7) is 1.50. The second-order valence-corrected chi connectivity index (χ2v) is 5.04. The number of rotatable bonds is 3. The van der Waals surface area contributed by atoms with Crippen molar-refractivity contribution in [2.75, 3.05) is 13.7 Å². The van der Waals surface area contributed by atoms with Crippen molar-refractivity contribution >= 4 is 12.1 Å². The van der Waals surface area contributed by atoms with Crippen LogP contribution in [0.2, 0.25) is 0 Å². The van der Waals surface area contributed by atoms with E-state index in [1.54, 1.807) is 6.92 Å². The van der Waals surface area contributed by atoms with E-state index in [-0.39, 0.29) is 13.2 Å². The monoisotopic (exact) mass is 295 g/mol. The lowest BCUT2D eigenvalue weighted by Crippen LogP contribution is -2.43. The minimum absolute atomic E-state index is 0.0788. The van der Waals surface area contributed by atoms with Crippen LogP contribution < -0.4 is 0 Å². The molecule has 0 spiro atoms. The molecule has 114 valence electrons. The Morgan fingerprint density at radius 1 is 1.33 bits per heavy atom. The topological polar surface area (TPSA) is 55.8 Å². The Hall–Kier alpha value is -2.11. The molecule has 0 unspecified atom stereocenters. The van der Waals surface area contributed by atoms with Crippen LogP contribution in [0.3, 0.4) is 0 Å². The number of alkyl halides is 1. The quantitative estimate of drug-likeness (QED) is 0.802. The van der Waals surface area contributed by atoms with Gasteiger partial charge < -0.3 is 9.47 Å². The predicted molar refractivity (Wildman–Crippen MR) is 73.2 cm³/mol. The molecule has 6 heteroatoms. The second-order valence-electron chi connectivity index (χ2n) is 5.04. The Kier molecular flexibility index (Phi) is 4.77. The van der Waals surface area contributed by atoms with Crippen LogP contribution in [-0.4, -0.2) is 42.8 Å². The minimum Gasteiger partial charge on any atom is -0.467 e. The number of likely N-dealkylation sites (tertiary alicyclic amines) is 1. The van der Waals surface area contributed by atoms with Gasteiger partial charge in [-0.05, 0) is 5.56 Å². The van der Waals surface area contributed by atoms with Crippen molar-refractivity contribution in [1.29, 1.82) is 0 Å². The van der Waals surface area contributed by atoms with Crippen molar-refractivity contribution in [2.24, 2.45) is 5.92 Å². The third-order valence-electron chi connectivity index (χ3n) is 3.66. The number of benzene rings is 1. The predicted octanol–water partition coefficient (Wildman–Crippen LogP) is 2.15. The van der Waals surface area contributed by atoms with Gasteiger partial charge in [0, 0.05) is 5.92 Å². The van der Waals surface area contributed by atoms with Gasteiger partial charge in [-0.25, -0.2) is 14.0 Å². The fourth-order valence-corrected chi connectivity index (χ4v) is 2.40. The smallest absolute Gasteiger partial charge is 0.410 e. The van der Waals surface area contributed by atoms with Crippen LogP contribution in [0.4, 0.5) is 9.18 Å². The van der Waals surface area contributed by atoms with Crippen LogP contribution in [0, 0.1) is 5.92 Å². The number of amides is 1. The van der Waals surface area contributed by atoms with Gasteiger partial charge in [-0.3, -0.25) is 4.90 Å². The summed E-state index contributed by atoms with van der Waals surface area (Å²) in [6, 6.07) is 8.21. The van der Waals surface area contributed by atoms with E-state index in [9.17, 15) is 14.0 Å². The zero-order valence-electron chi connectivity index (χ0n) is 12.0. The molecule has 1 heterocycles. The normalized spacial score (nSPS) is 24.7. The summed E-state index contributed by atoms with van der Waals surface area (Å²) in [6.07, 6.45) is -1.97. The Morgan fingerprint density at radius 2 is 2.00 bits per heavy atom. The highest BCUT2D eigenvalue weighted by molar-refractivity contribution is 5.82. The SMILES string of the molecule is COC(=O)[C@@H]1[C@@H](C)[C@H](F)CN1C(=O)OCc1ccccc1. The first-order chi connectivity index (χ1) is 10.0. The molecule has 0 aromatic heterocycles. The average Bonchev–Trinajstić information content (AvgIpc) is 2.81. The van der Waals surface area contributed by atoms with E-state index < -0.39 is 30.2 Å². The highest BCUT2D eigenvalue weighted by atomic mass is 19.1. The first kappa shape index (κ1) is 15.3. The van der Waals surface area contributed by atoms with Gasteiger partial charge >= 0.3 is 12.1 Å². The Balaban J connectivity index is 2.01. The maximum Gasteiger partial charge on any atom is 0.410 e. The molecule has 1 aromatic rings. The van der Waals surface area contributed by atoms with Crippen LogP contribution in [0.5, 0.6) is 0 Å². The van der Waals surface area contributed by atoms with E-state index in [0.29, 0.717) is 0 Å². The summed E-state index contributed by atoms with van der Waals surface area (Å²) in [4.78, 5) is 24.9. The highest BCUT2D eigenvalue weighted by Gasteiger charge is 2.47. The third kappa shape index (κ3) is 3.32. The summed E-state index contributed by atoms with van der Waals surface area (Å²) in [7, 11) is 1.22. The number of ether oxygens (including phenoxy) is 2. The zero-order chi connectivity index (χ0) is 15.4. The number of hydrogen-bond acceptors (Lipinski definition) is 4. The van der Waals surface area contributed by atoms with E-state index in [1.807, 2.05) is 30.3 Å². The van der Waals surface area contributed by atoms with Gasteiger partial charge in [0.2, 0.25) is 0 Å². The standard InChI is InChI=1S/C15H18FNO4/c1-10-12(16)8-17(13(10)14(18)20-2)15(19)21-9-11-6-4-3-5-7-11/h3-7,10,12-13H,8-9H2,1-2H3/t10-,12+,13-/m0/s1. The Bertz CT molecular complexity index is 508. The third-order valence-corrected chi connectivity index (χ3v) is 3.66. The van der Waals surface area contributed by atoms with Crippen LogP contribution in [0.15, 0.2) is 30.3 Å². The molecular formula is C15H18FNO4. The average molecular weight is 295 g/mol. The van der Waals surface area contributed by atoms with Crippen molar-refractivity contribution < 1.29 is 23.5 Å². The molecule has 0 saturated carbocycles. The number of methoxy groups -OCH3 is 1. The number of halogens is 1. The fourth-order valence-electron chi connectivity index (χ4n) is 2.40. The van der Waals surface area contributed by atoms with Crippen LogP contribution in [0.25, 0.3) is 0 Å². The van der Waals surface area contributed by atoms with E-state index in [1.165, 1.54) is 7.11 Å². The maximum absolute atomic E-state index is 13.8. The lowest BCUT2D eigenvalue weighted by atomic mass is 10.0. The van der Waals surface area contributed by atoms with Crippen LogP contribution >= 0.6 is 0 Å². The highest BCUT2D eigenvalue weighted by Crippen LogP contribution is 2.28. The first-order valence-electron chi connectivity index (χ1n) is 6.73. The van der Waals surface area contributed by atoms with Crippen molar-refractivity contribution in [2.45, 2.75) is 25.7 Å². The molecule has 5 nitrogen and oxygen atoms in total. The maximum atomic E-state index is 13.8. The van der Waals surface area contributed by atoms with Gasteiger partial charge in [0.05, 0.1) is 13.7 Å². The van der Waals surface area contributed by atoms with Gasteiger partial charge in [0.1, 0.15) is 18.8 Å². The molecular weight excluding hydrogens is 277 g/mol. The fraction of sp³-hybridized carbons (Fsp3) is 0.467. The summed E-state index contributed by atoms with van der Waals surface area (Å²) >= 11 is 0. The number of esters is 1. The van der Waals surface area contributed by atoms with Crippen molar-refractivity contribution in [3.05, 3.63) is 35.9 Å². The molecule has 1 saturated heterocycles. The van der Waals surface area contributed by atoms with Gasteiger partial charge in [0.15, 0.2) is 0 Å². The molecule has 3 atom stereocenters. The van der Waals surface area contributed by atoms with Gasteiger partial charge in [0.25, 0.3) is 0 Å². The van der Waals surface area contributed by atoms with E-state index in [4.69, 9.17) is 4.74 Å². The van der Waals surface area contributed by atoms with E-state index in [2.05, 4.69) is 4.74 Å². The van der Waals surface area contributed by atoms with Crippen molar-refractivity contribution in [1.82, 2.24) is 4.90 Å². The molecule has 2 rings (SSSR count). The lowest BCUT2D eigenvalue weighted by molar-refractivity contribution is -0.146. The first-order valence-corrected chi connectivity index (χ1v) is 6.73.